The van der Waals surface area contributed by atoms with Gasteiger partial charge in [0.05, 0.1) is 27.0 Å². The molecule has 0 aliphatic rings. The number of carbonyl (C=O) groups excluding carboxylic acids is 1. The van der Waals surface area contributed by atoms with Crippen molar-refractivity contribution in [3.63, 3.8) is 0 Å². The van der Waals surface area contributed by atoms with Crippen LogP contribution in [-0.4, -0.2) is 37.0 Å². The number of nitrogens with one attached hydrogen (secondary N) is 1. The summed E-state index contributed by atoms with van der Waals surface area (Å²) in [6.45, 7) is 1.82. The third-order valence-electron chi connectivity index (χ3n) is 3.53. The second-order valence-corrected chi connectivity index (χ2v) is 5.51. The maximum Gasteiger partial charge on any atom is 0.248 e. The fourth-order valence-corrected chi connectivity index (χ4v) is 2.57. The lowest BCUT2D eigenvalue weighted by molar-refractivity contribution is -0.111. The van der Waals surface area contributed by atoms with E-state index in [1.807, 2.05) is 6.92 Å². The third kappa shape index (κ3) is 4.06. The van der Waals surface area contributed by atoms with Gasteiger partial charge in [-0.3, -0.25) is 9.48 Å². The summed E-state index contributed by atoms with van der Waals surface area (Å²) >= 11 is 6.14. The molecule has 1 amide bonds. The highest BCUT2D eigenvalue weighted by Gasteiger charge is 2.14. The van der Waals surface area contributed by atoms with E-state index < -0.39 is 0 Å². The molecule has 0 spiro atoms. The van der Waals surface area contributed by atoms with Gasteiger partial charge in [0.2, 0.25) is 11.7 Å². The van der Waals surface area contributed by atoms with Crippen LogP contribution in [0.15, 0.2) is 18.2 Å². The Labute approximate surface area is 151 Å². The Balaban J connectivity index is 2.21. The van der Waals surface area contributed by atoms with Gasteiger partial charge in [-0.05, 0) is 13.0 Å². The molecule has 0 saturated heterocycles. The van der Waals surface area contributed by atoms with Gasteiger partial charge in [0, 0.05) is 36.5 Å². The molecule has 0 unspecified atom stereocenters. The number of aromatic nitrogens is 2. The number of carbonyl (C=O) groups is 1. The van der Waals surface area contributed by atoms with Crippen molar-refractivity contribution in [1.82, 2.24) is 9.78 Å². The molecule has 0 fully saturated rings. The number of rotatable bonds is 6. The van der Waals surface area contributed by atoms with Crippen LogP contribution in [0.1, 0.15) is 11.3 Å². The predicted octanol–water partition coefficient (Wildman–Crippen LogP) is 3.06. The van der Waals surface area contributed by atoms with Gasteiger partial charge in [-0.25, -0.2) is 0 Å². The van der Waals surface area contributed by atoms with E-state index in [1.54, 1.807) is 29.9 Å². The van der Waals surface area contributed by atoms with Crippen LogP contribution in [0.5, 0.6) is 17.2 Å². The van der Waals surface area contributed by atoms with Crippen LogP contribution >= 0.6 is 11.6 Å². The Morgan fingerprint density at radius 3 is 2.24 bits per heavy atom. The lowest BCUT2D eigenvalue weighted by atomic mass is 10.2. The van der Waals surface area contributed by atoms with Gasteiger partial charge in [0.1, 0.15) is 5.15 Å². The molecule has 0 aliphatic carbocycles. The largest absolute Gasteiger partial charge is 0.493 e. The van der Waals surface area contributed by atoms with E-state index in [9.17, 15) is 4.79 Å². The highest BCUT2D eigenvalue weighted by atomic mass is 35.5. The first-order valence-electron chi connectivity index (χ1n) is 7.39. The molecule has 0 saturated carbocycles. The Kier molecular flexibility index (Phi) is 5.93. The summed E-state index contributed by atoms with van der Waals surface area (Å²) in [6, 6.07) is 3.30. The molecular formula is C17H20ClN3O4. The summed E-state index contributed by atoms with van der Waals surface area (Å²) in [5.41, 5.74) is 1.95. The quantitative estimate of drug-likeness (QED) is 0.796. The molecule has 7 nitrogen and oxygen atoms in total. The van der Waals surface area contributed by atoms with E-state index in [4.69, 9.17) is 25.8 Å². The second-order valence-electron chi connectivity index (χ2n) is 5.15. The van der Waals surface area contributed by atoms with Gasteiger partial charge < -0.3 is 19.5 Å². The number of amides is 1. The van der Waals surface area contributed by atoms with E-state index in [-0.39, 0.29) is 5.91 Å². The molecule has 1 aromatic heterocycles. The molecule has 0 atom stereocenters. The number of hydrogen-bond acceptors (Lipinski definition) is 5. The Morgan fingerprint density at radius 1 is 1.20 bits per heavy atom. The van der Waals surface area contributed by atoms with Crippen LogP contribution in [0.4, 0.5) is 5.69 Å². The summed E-state index contributed by atoms with van der Waals surface area (Å²) in [4.78, 5) is 12.2. The lowest BCUT2D eigenvalue weighted by Gasteiger charge is -2.14. The summed E-state index contributed by atoms with van der Waals surface area (Å²) in [6.07, 6.45) is 3.01. The number of hydrogen-bond donors (Lipinski definition) is 1. The molecule has 0 aliphatic heterocycles. The Bertz CT molecular complexity index is 789. The first kappa shape index (κ1) is 18.7. The SMILES string of the molecule is COc1cc(NC(=O)/C=C/c2c(C)nn(C)c2Cl)cc(OC)c1OC. The van der Waals surface area contributed by atoms with Gasteiger partial charge in [-0.2, -0.15) is 5.10 Å². The molecule has 8 heteroatoms. The first-order chi connectivity index (χ1) is 11.9. The highest BCUT2D eigenvalue weighted by molar-refractivity contribution is 6.31. The van der Waals surface area contributed by atoms with Gasteiger partial charge in [0.25, 0.3) is 0 Å². The number of ether oxygens (including phenoxy) is 3. The molecule has 0 bridgehead atoms. The minimum absolute atomic E-state index is 0.325. The number of nitrogens with zero attached hydrogens (tertiary/aromatic N) is 2. The second kappa shape index (κ2) is 7.94. The highest BCUT2D eigenvalue weighted by Crippen LogP contribution is 2.39. The zero-order chi connectivity index (χ0) is 18.6. The third-order valence-corrected chi connectivity index (χ3v) is 3.98. The Morgan fingerprint density at radius 2 is 1.80 bits per heavy atom. The number of halogens is 1. The average Bonchev–Trinajstić information content (AvgIpc) is 2.84. The molecule has 2 rings (SSSR count). The lowest BCUT2D eigenvalue weighted by Crippen LogP contribution is -2.08. The van der Waals surface area contributed by atoms with E-state index >= 15 is 0 Å². The van der Waals surface area contributed by atoms with Gasteiger partial charge in [-0.1, -0.05) is 11.6 Å². The van der Waals surface area contributed by atoms with Crippen molar-refractivity contribution in [1.29, 1.82) is 0 Å². The standard InChI is InChI=1S/C17H20ClN3O4/c1-10-12(17(18)21(2)20-10)6-7-15(22)19-11-8-13(23-3)16(25-5)14(9-11)24-4/h6-9H,1-5H3,(H,19,22)/b7-6+. The number of methoxy groups -OCH3 is 3. The van der Waals surface area contributed by atoms with Gasteiger partial charge in [-0.15, -0.1) is 0 Å². The van der Waals surface area contributed by atoms with Gasteiger partial charge in [0.15, 0.2) is 11.5 Å². The maximum atomic E-state index is 12.2. The minimum Gasteiger partial charge on any atom is -0.493 e. The molecule has 1 heterocycles. The first-order valence-corrected chi connectivity index (χ1v) is 7.77. The summed E-state index contributed by atoms with van der Waals surface area (Å²) in [5.74, 6) is 1.03. The summed E-state index contributed by atoms with van der Waals surface area (Å²) < 4.78 is 17.3. The molecule has 134 valence electrons. The summed E-state index contributed by atoms with van der Waals surface area (Å²) in [5, 5.41) is 7.41. The van der Waals surface area contributed by atoms with Crippen LogP contribution in [0.25, 0.3) is 6.08 Å². The van der Waals surface area contributed by atoms with E-state index in [1.165, 1.54) is 27.4 Å². The van der Waals surface area contributed by atoms with Crippen molar-refractivity contribution in [3.05, 3.63) is 34.6 Å². The maximum absolute atomic E-state index is 12.2. The average molecular weight is 366 g/mol. The fourth-order valence-electron chi connectivity index (χ4n) is 2.33. The van der Waals surface area contributed by atoms with Crippen LogP contribution in [0.3, 0.4) is 0 Å². The van der Waals surface area contributed by atoms with Crippen LogP contribution in [-0.2, 0) is 11.8 Å². The molecular weight excluding hydrogens is 346 g/mol. The predicted molar refractivity (Wildman–Crippen MR) is 96.7 cm³/mol. The molecule has 0 radical (unpaired) electrons. The van der Waals surface area contributed by atoms with Crippen molar-refractivity contribution in [2.75, 3.05) is 26.6 Å². The topological polar surface area (TPSA) is 74.6 Å². The van der Waals surface area contributed by atoms with E-state index in [0.29, 0.717) is 33.7 Å². The van der Waals surface area contributed by atoms with Crippen molar-refractivity contribution in [3.8, 4) is 17.2 Å². The van der Waals surface area contributed by atoms with Crippen molar-refractivity contribution >= 4 is 29.3 Å². The monoisotopic (exact) mass is 365 g/mol. The van der Waals surface area contributed by atoms with E-state index in [0.717, 1.165) is 5.69 Å². The van der Waals surface area contributed by atoms with Crippen molar-refractivity contribution in [2.24, 2.45) is 7.05 Å². The number of aryl methyl sites for hydroxylation is 2. The molecule has 1 aromatic carbocycles. The van der Waals surface area contributed by atoms with Gasteiger partial charge >= 0.3 is 0 Å². The normalized spacial score (nSPS) is 10.8. The zero-order valence-corrected chi connectivity index (χ0v) is 15.5. The Hall–Kier alpha value is -2.67. The van der Waals surface area contributed by atoms with Crippen molar-refractivity contribution in [2.45, 2.75) is 6.92 Å². The molecule has 2 aromatic rings. The van der Waals surface area contributed by atoms with Crippen molar-refractivity contribution < 1.29 is 19.0 Å². The van der Waals surface area contributed by atoms with Crippen LogP contribution in [0.2, 0.25) is 5.15 Å². The minimum atomic E-state index is -0.325. The zero-order valence-electron chi connectivity index (χ0n) is 14.7. The smallest absolute Gasteiger partial charge is 0.248 e. The number of benzene rings is 1. The van der Waals surface area contributed by atoms with E-state index in [2.05, 4.69) is 10.4 Å². The fraction of sp³-hybridized carbons (Fsp3) is 0.294. The molecule has 1 N–H and O–H groups in total. The van der Waals surface area contributed by atoms with Crippen LogP contribution in [0, 0.1) is 6.92 Å². The van der Waals surface area contributed by atoms with Crippen LogP contribution < -0.4 is 19.5 Å². The summed E-state index contributed by atoms with van der Waals surface area (Å²) in [7, 11) is 6.27. The number of anilines is 1. The molecule has 25 heavy (non-hydrogen) atoms.